The molecule has 0 aliphatic carbocycles. The van der Waals surface area contributed by atoms with Crippen LogP contribution in [0.5, 0.6) is 17.2 Å². The molecule has 0 unspecified atom stereocenters. The van der Waals surface area contributed by atoms with Crippen molar-refractivity contribution in [1.82, 2.24) is 5.32 Å². The minimum absolute atomic E-state index is 0. The van der Waals surface area contributed by atoms with E-state index in [1.165, 1.54) is 6.07 Å². The normalized spacial score (nSPS) is 10.0. The molecule has 0 saturated carbocycles. The van der Waals surface area contributed by atoms with Gasteiger partial charge in [0, 0.05) is 12.1 Å². The van der Waals surface area contributed by atoms with Crippen molar-refractivity contribution in [1.29, 1.82) is 0 Å². The Kier molecular flexibility index (Phi) is 8.36. The van der Waals surface area contributed by atoms with Gasteiger partial charge in [0.25, 0.3) is 0 Å². The molecule has 2 aromatic rings. The van der Waals surface area contributed by atoms with Gasteiger partial charge in [-0.2, -0.15) is 0 Å². The number of rotatable bonds is 8. The van der Waals surface area contributed by atoms with Crippen LogP contribution >= 0.6 is 12.4 Å². The molecule has 2 rings (SSSR count). The highest BCUT2D eigenvalue weighted by molar-refractivity contribution is 5.85. The van der Waals surface area contributed by atoms with Gasteiger partial charge in [0.1, 0.15) is 5.82 Å². The van der Waals surface area contributed by atoms with E-state index >= 15 is 0 Å². The fourth-order valence-corrected chi connectivity index (χ4v) is 2.45. The first-order valence-electron chi connectivity index (χ1n) is 7.43. The van der Waals surface area contributed by atoms with Crippen LogP contribution in [0.3, 0.4) is 0 Å². The smallest absolute Gasteiger partial charge is 0.203 e. The van der Waals surface area contributed by atoms with Gasteiger partial charge >= 0.3 is 0 Å². The number of hydrogen-bond donors (Lipinski definition) is 1. The van der Waals surface area contributed by atoms with Crippen LogP contribution < -0.4 is 19.5 Å². The second-order valence-electron chi connectivity index (χ2n) is 5.01. The van der Waals surface area contributed by atoms with Crippen LogP contribution in [0, 0.1) is 5.82 Å². The molecule has 0 radical (unpaired) electrons. The number of methoxy groups -OCH3 is 3. The third kappa shape index (κ3) is 4.76. The Morgan fingerprint density at radius 2 is 1.58 bits per heavy atom. The molecule has 0 aromatic heterocycles. The van der Waals surface area contributed by atoms with E-state index in [4.69, 9.17) is 14.2 Å². The van der Waals surface area contributed by atoms with E-state index in [0.29, 0.717) is 42.3 Å². The standard InChI is InChI=1S/C18H22FNO3.ClH/c1-21-16-9-8-14(17(22-2)18(16)23-3)12-20-11-10-13-6-4-5-7-15(13)19;/h4-9,20H,10-12H2,1-3H3;1H. The van der Waals surface area contributed by atoms with Gasteiger partial charge in [0.2, 0.25) is 5.75 Å². The van der Waals surface area contributed by atoms with Crippen LogP contribution in [0.15, 0.2) is 36.4 Å². The number of benzene rings is 2. The van der Waals surface area contributed by atoms with Crippen LogP contribution in [0.25, 0.3) is 0 Å². The maximum atomic E-state index is 13.6. The monoisotopic (exact) mass is 355 g/mol. The summed E-state index contributed by atoms with van der Waals surface area (Å²) in [6, 6.07) is 10.6. The maximum absolute atomic E-state index is 13.6. The molecule has 0 aliphatic heterocycles. The highest BCUT2D eigenvalue weighted by atomic mass is 35.5. The van der Waals surface area contributed by atoms with Crippen LogP contribution in [-0.4, -0.2) is 27.9 Å². The summed E-state index contributed by atoms with van der Waals surface area (Å²) in [5.74, 6) is 1.67. The minimum atomic E-state index is -0.169. The van der Waals surface area contributed by atoms with E-state index in [1.807, 2.05) is 18.2 Å². The molecule has 0 spiro atoms. The van der Waals surface area contributed by atoms with Crippen molar-refractivity contribution in [2.75, 3.05) is 27.9 Å². The second-order valence-corrected chi connectivity index (χ2v) is 5.01. The van der Waals surface area contributed by atoms with Gasteiger partial charge in [0.05, 0.1) is 21.3 Å². The summed E-state index contributed by atoms with van der Waals surface area (Å²) in [5.41, 5.74) is 1.66. The first-order valence-corrected chi connectivity index (χ1v) is 7.43. The van der Waals surface area contributed by atoms with Gasteiger partial charge in [-0.25, -0.2) is 4.39 Å². The number of hydrogen-bond acceptors (Lipinski definition) is 4. The molecule has 2 aromatic carbocycles. The number of nitrogens with one attached hydrogen (secondary N) is 1. The molecule has 0 atom stereocenters. The van der Waals surface area contributed by atoms with E-state index in [9.17, 15) is 4.39 Å². The first-order chi connectivity index (χ1) is 11.2. The van der Waals surface area contributed by atoms with Gasteiger partial charge in [-0.05, 0) is 30.7 Å². The highest BCUT2D eigenvalue weighted by Gasteiger charge is 2.15. The molecule has 0 amide bonds. The largest absolute Gasteiger partial charge is 0.493 e. The van der Waals surface area contributed by atoms with Crippen molar-refractivity contribution >= 4 is 12.4 Å². The van der Waals surface area contributed by atoms with E-state index in [2.05, 4.69) is 5.32 Å². The van der Waals surface area contributed by atoms with Crippen molar-refractivity contribution in [3.63, 3.8) is 0 Å². The summed E-state index contributed by atoms with van der Waals surface area (Å²) < 4.78 is 29.6. The average molecular weight is 356 g/mol. The Morgan fingerprint density at radius 1 is 0.875 bits per heavy atom. The summed E-state index contributed by atoms with van der Waals surface area (Å²) >= 11 is 0. The molecule has 0 aliphatic rings. The second kappa shape index (κ2) is 10.0. The average Bonchev–Trinajstić information content (AvgIpc) is 2.59. The third-order valence-electron chi connectivity index (χ3n) is 3.63. The van der Waals surface area contributed by atoms with E-state index in [-0.39, 0.29) is 18.2 Å². The van der Waals surface area contributed by atoms with Crippen molar-refractivity contribution in [3.8, 4) is 17.2 Å². The van der Waals surface area contributed by atoms with Crippen LogP contribution in [-0.2, 0) is 13.0 Å². The molecule has 4 nitrogen and oxygen atoms in total. The van der Waals surface area contributed by atoms with Crippen molar-refractivity contribution in [2.24, 2.45) is 0 Å². The van der Waals surface area contributed by atoms with Crippen molar-refractivity contribution in [2.45, 2.75) is 13.0 Å². The van der Waals surface area contributed by atoms with Gasteiger partial charge in [0.15, 0.2) is 11.5 Å². The zero-order valence-electron chi connectivity index (χ0n) is 14.1. The zero-order chi connectivity index (χ0) is 16.7. The Balaban J connectivity index is 0.00000288. The Labute approximate surface area is 148 Å². The molecule has 0 bridgehead atoms. The predicted molar refractivity (Wildman–Crippen MR) is 95.2 cm³/mol. The fourth-order valence-electron chi connectivity index (χ4n) is 2.45. The Hall–Kier alpha value is -1.98. The lowest BCUT2D eigenvalue weighted by atomic mass is 10.1. The van der Waals surface area contributed by atoms with E-state index < -0.39 is 0 Å². The van der Waals surface area contributed by atoms with Gasteiger partial charge in [-0.15, -0.1) is 12.4 Å². The molecule has 6 heteroatoms. The summed E-state index contributed by atoms with van der Waals surface area (Å²) in [6.07, 6.45) is 0.627. The van der Waals surface area contributed by atoms with Crippen LogP contribution in [0.4, 0.5) is 4.39 Å². The van der Waals surface area contributed by atoms with E-state index in [0.717, 1.165) is 5.56 Å². The molecular weight excluding hydrogens is 333 g/mol. The lowest BCUT2D eigenvalue weighted by Gasteiger charge is -2.16. The van der Waals surface area contributed by atoms with Crippen molar-refractivity contribution < 1.29 is 18.6 Å². The number of ether oxygens (including phenoxy) is 3. The Bertz CT molecular complexity index is 652. The van der Waals surface area contributed by atoms with Gasteiger partial charge < -0.3 is 19.5 Å². The third-order valence-corrected chi connectivity index (χ3v) is 3.63. The maximum Gasteiger partial charge on any atom is 0.203 e. The highest BCUT2D eigenvalue weighted by Crippen LogP contribution is 2.39. The topological polar surface area (TPSA) is 39.7 Å². The SMILES string of the molecule is COc1ccc(CNCCc2ccccc2F)c(OC)c1OC.Cl. The summed E-state index contributed by atoms with van der Waals surface area (Å²) in [6.45, 7) is 1.26. The zero-order valence-corrected chi connectivity index (χ0v) is 14.9. The predicted octanol–water partition coefficient (Wildman–Crippen LogP) is 3.61. The van der Waals surface area contributed by atoms with Crippen LogP contribution in [0.1, 0.15) is 11.1 Å². The van der Waals surface area contributed by atoms with Gasteiger partial charge in [-0.1, -0.05) is 24.3 Å². The molecule has 132 valence electrons. The molecule has 0 heterocycles. The summed E-state index contributed by atoms with van der Waals surface area (Å²) in [4.78, 5) is 0. The van der Waals surface area contributed by atoms with Gasteiger partial charge in [-0.3, -0.25) is 0 Å². The Morgan fingerprint density at radius 3 is 2.21 bits per heavy atom. The quantitative estimate of drug-likeness (QED) is 0.734. The number of halogens is 2. The first kappa shape index (κ1) is 20.1. The van der Waals surface area contributed by atoms with Crippen LogP contribution in [0.2, 0.25) is 0 Å². The summed E-state index contributed by atoms with van der Waals surface area (Å²) in [5, 5.41) is 3.30. The summed E-state index contributed by atoms with van der Waals surface area (Å²) in [7, 11) is 4.76. The molecular formula is C18H23ClFNO3. The van der Waals surface area contributed by atoms with E-state index in [1.54, 1.807) is 33.5 Å². The van der Waals surface area contributed by atoms with Crippen molar-refractivity contribution in [3.05, 3.63) is 53.3 Å². The molecule has 0 fully saturated rings. The fraction of sp³-hybridized carbons (Fsp3) is 0.333. The lowest BCUT2D eigenvalue weighted by molar-refractivity contribution is 0.321. The minimum Gasteiger partial charge on any atom is -0.493 e. The molecule has 1 N–H and O–H groups in total. The molecule has 0 saturated heterocycles. The molecule has 24 heavy (non-hydrogen) atoms. The lowest BCUT2D eigenvalue weighted by Crippen LogP contribution is -2.17.